The topological polar surface area (TPSA) is 97.0 Å². The number of hydrogen-bond donors (Lipinski definition) is 2. The van der Waals surface area contributed by atoms with E-state index in [1.807, 2.05) is 19.9 Å². The Morgan fingerprint density at radius 1 is 1.50 bits per heavy atom. The van der Waals surface area contributed by atoms with Gasteiger partial charge in [0.2, 0.25) is 0 Å². The van der Waals surface area contributed by atoms with Crippen LogP contribution in [-0.2, 0) is 11.4 Å². The molecule has 0 aliphatic carbocycles. The zero-order valence-electron chi connectivity index (χ0n) is 13.1. The van der Waals surface area contributed by atoms with Crippen molar-refractivity contribution in [2.75, 3.05) is 7.11 Å². The fraction of sp³-hybridized carbons (Fsp3) is 0.500. The van der Waals surface area contributed by atoms with Crippen LogP contribution in [0.1, 0.15) is 44.4 Å². The maximum absolute atomic E-state index is 11.8. The van der Waals surface area contributed by atoms with Gasteiger partial charge in [-0.1, -0.05) is 13.0 Å². The summed E-state index contributed by atoms with van der Waals surface area (Å²) < 4.78 is 10.3. The van der Waals surface area contributed by atoms with Crippen LogP contribution in [0.4, 0.5) is 0 Å². The molecule has 0 saturated heterocycles. The summed E-state index contributed by atoms with van der Waals surface area (Å²) in [4.78, 5) is 22.3. The SMILES string of the molecule is COc1cc(C(C)=CC(C)CCCC(=O)O)oc(=O)c1CO. The number of ether oxygens (including phenoxy) is 1. The van der Waals surface area contributed by atoms with Crippen LogP contribution in [0.25, 0.3) is 5.57 Å². The van der Waals surface area contributed by atoms with Crippen LogP contribution in [0.3, 0.4) is 0 Å². The van der Waals surface area contributed by atoms with Gasteiger partial charge in [-0.2, -0.15) is 0 Å². The zero-order valence-corrected chi connectivity index (χ0v) is 13.1. The molecular formula is C16H22O6. The zero-order chi connectivity index (χ0) is 16.7. The number of carboxylic acids is 1. The number of aliphatic hydroxyl groups is 1. The van der Waals surface area contributed by atoms with Crippen LogP contribution in [0, 0.1) is 5.92 Å². The third-order valence-electron chi connectivity index (χ3n) is 3.36. The summed E-state index contributed by atoms with van der Waals surface area (Å²) in [5.74, 6) is 0.0283. The van der Waals surface area contributed by atoms with Gasteiger partial charge in [0.05, 0.1) is 13.7 Å². The van der Waals surface area contributed by atoms with Gasteiger partial charge in [-0.05, 0) is 31.3 Å². The molecule has 1 unspecified atom stereocenters. The maximum atomic E-state index is 11.8. The monoisotopic (exact) mass is 310 g/mol. The van der Waals surface area contributed by atoms with Gasteiger partial charge in [0.1, 0.15) is 17.1 Å². The Morgan fingerprint density at radius 3 is 2.73 bits per heavy atom. The van der Waals surface area contributed by atoms with E-state index in [0.717, 1.165) is 12.0 Å². The molecule has 1 atom stereocenters. The Labute approximate surface area is 129 Å². The molecule has 1 heterocycles. The van der Waals surface area contributed by atoms with Crippen molar-refractivity contribution in [1.82, 2.24) is 0 Å². The van der Waals surface area contributed by atoms with Gasteiger partial charge < -0.3 is 19.4 Å². The first-order valence-electron chi connectivity index (χ1n) is 7.11. The molecule has 6 heteroatoms. The molecule has 1 aromatic rings. The van der Waals surface area contributed by atoms with Crippen molar-refractivity contribution in [2.24, 2.45) is 5.92 Å². The quantitative estimate of drug-likeness (QED) is 0.765. The Kier molecular flexibility index (Phi) is 6.85. The van der Waals surface area contributed by atoms with Crippen molar-refractivity contribution in [3.05, 3.63) is 33.9 Å². The van der Waals surface area contributed by atoms with Crippen LogP contribution in [-0.4, -0.2) is 23.3 Å². The number of hydrogen-bond acceptors (Lipinski definition) is 5. The normalized spacial score (nSPS) is 13.0. The Hall–Kier alpha value is -2.08. The van der Waals surface area contributed by atoms with Gasteiger partial charge in [-0.3, -0.25) is 4.79 Å². The van der Waals surface area contributed by atoms with E-state index in [0.29, 0.717) is 17.9 Å². The number of aliphatic hydroxyl groups excluding tert-OH is 1. The Morgan fingerprint density at radius 2 is 2.18 bits per heavy atom. The van der Waals surface area contributed by atoms with Gasteiger partial charge in [-0.15, -0.1) is 0 Å². The highest BCUT2D eigenvalue weighted by molar-refractivity contribution is 5.66. The van der Waals surface area contributed by atoms with E-state index in [1.165, 1.54) is 7.11 Å². The van der Waals surface area contributed by atoms with Crippen molar-refractivity contribution < 1.29 is 24.2 Å². The van der Waals surface area contributed by atoms with E-state index >= 15 is 0 Å². The van der Waals surface area contributed by atoms with Gasteiger partial charge >= 0.3 is 11.6 Å². The molecule has 22 heavy (non-hydrogen) atoms. The summed E-state index contributed by atoms with van der Waals surface area (Å²) in [5.41, 5.74) is 0.236. The van der Waals surface area contributed by atoms with Gasteiger partial charge in [0, 0.05) is 12.5 Å². The molecule has 1 aromatic heterocycles. The van der Waals surface area contributed by atoms with Crippen LogP contribution < -0.4 is 10.4 Å². The summed E-state index contributed by atoms with van der Waals surface area (Å²) in [5, 5.41) is 17.8. The summed E-state index contributed by atoms with van der Waals surface area (Å²) in [7, 11) is 1.42. The fourth-order valence-corrected chi connectivity index (χ4v) is 2.18. The predicted octanol–water partition coefficient (Wildman–Crippen LogP) is 2.44. The molecule has 0 aromatic carbocycles. The standard InChI is InChI=1S/C16H22O6/c1-10(5-4-6-15(18)19)7-11(2)13-8-14(21-3)12(9-17)16(20)22-13/h7-8,10,17H,4-6,9H2,1-3H3,(H,18,19). The van der Waals surface area contributed by atoms with Gasteiger partial charge in [0.25, 0.3) is 0 Å². The molecular weight excluding hydrogens is 288 g/mol. The molecule has 0 aliphatic rings. The van der Waals surface area contributed by atoms with Crippen LogP contribution in [0.2, 0.25) is 0 Å². The van der Waals surface area contributed by atoms with Crippen LogP contribution >= 0.6 is 0 Å². The largest absolute Gasteiger partial charge is 0.496 e. The Bertz CT molecular complexity index is 599. The number of carbonyl (C=O) groups is 1. The summed E-state index contributed by atoms with van der Waals surface area (Å²) >= 11 is 0. The average Bonchev–Trinajstić information content (AvgIpc) is 2.45. The summed E-state index contributed by atoms with van der Waals surface area (Å²) in [6, 6.07) is 1.57. The lowest BCUT2D eigenvalue weighted by molar-refractivity contribution is -0.137. The van der Waals surface area contributed by atoms with E-state index in [9.17, 15) is 9.59 Å². The summed E-state index contributed by atoms with van der Waals surface area (Å²) in [6.07, 6.45) is 3.40. The molecule has 0 fully saturated rings. The lowest BCUT2D eigenvalue weighted by Gasteiger charge is -2.10. The first-order chi connectivity index (χ1) is 10.4. The number of allylic oxidation sites excluding steroid dienone is 2. The minimum atomic E-state index is -0.803. The number of carboxylic acid groups (broad SMARTS) is 1. The number of rotatable bonds is 8. The molecule has 2 N–H and O–H groups in total. The Balaban J connectivity index is 2.90. The molecule has 0 bridgehead atoms. The molecule has 0 amide bonds. The smallest absolute Gasteiger partial charge is 0.345 e. The third kappa shape index (κ3) is 5.04. The molecule has 0 spiro atoms. The maximum Gasteiger partial charge on any atom is 0.345 e. The summed E-state index contributed by atoms with van der Waals surface area (Å²) in [6.45, 7) is 3.34. The second-order valence-corrected chi connectivity index (χ2v) is 5.22. The van der Waals surface area contributed by atoms with Crippen LogP contribution in [0.5, 0.6) is 5.75 Å². The molecule has 0 aliphatic heterocycles. The molecule has 1 rings (SSSR count). The van der Waals surface area contributed by atoms with Crippen molar-refractivity contribution in [1.29, 1.82) is 0 Å². The van der Waals surface area contributed by atoms with E-state index in [2.05, 4.69) is 0 Å². The minimum Gasteiger partial charge on any atom is -0.496 e. The van der Waals surface area contributed by atoms with Crippen molar-refractivity contribution >= 4 is 11.5 Å². The third-order valence-corrected chi connectivity index (χ3v) is 3.36. The molecule has 6 nitrogen and oxygen atoms in total. The van der Waals surface area contributed by atoms with Crippen LogP contribution in [0.15, 0.2) is 21.4 Å². The molecule has 122 valence electrons. The molecule has 0 saturated carbocycles. The van der Waals surface area contributed by atoms with Gasteiger partial charge in [-0.25, -0.2) is 4.79 Å². The van der Waals surface area contributed by atoms with E-state index < -0.39 is 18.2 Å². The van der Waals surface area contributed by atoms with Gasteiger partial charge in [0.15, 0.2) is 0 Å². The van der Waals surface area contributed by atoms with E-state index in [-0.39, 0.29) is 17.9 Å². The number of aliphatic carboxylic acids is 1. The van der Waals surface area contributed by atoms with Crippen molar-refractivity contribution in [3.8, 4) is 5.75 Å². The minimum absolute atomic E-state index is 0.0913. The highest BCUT2D eigenvalue weighted by atomic mass is 16.5. The average molecular weight is 310 g/mol. The second-order valence-electron chi connectivity index (χ2n) is 5.22. The highest BCUT2D eigenvalue weighted by Crippen LogP contribution is 2.23. The second kappa shape index (κ2) is 8.38. The van der Waals surface area contributed by atoms with Crippen molar-refractivity contribution in [2.45, 2.75) is 39.7 Å². The van der Waals surface area contributed by atoms with Crippen molar-refractivity contribution in [3.63, 3.8) is 0 Å². The first kappa shape index (κ1) is 18.0. The lowest BCUT2D eigenvalue weighted by atomic mass is 10.00. The van der Waals surface area contributed by atoms with E-state index in [4.69, 9.17) is 19.4 Å². The fourth-order valence-electron chi connectivity index (χ4n) is 2.18. The van der Waals surface area contributed by atoms with E-state index in [1.54, 1.807) is 6.07 Å². The molecule has 0 radical (unpaired) electrons. The first-order valence-corrected chi connectivity index (χ1v) is 7.11. The lowest BCUT2D eigenvalue weighted by Crippen LogP contribution is -2.10. The predicted molar refractivity (Wildman–Crippen MR) is 81.8 cm³/mol. The number of methoxy groups -OCH3 is 1. The highest BCUT2D eigenvalue weighted by Gasteiger charge is 2.13.